The topological polar surface area (TPSA) is 78.9 Å². The Hall–Kier alpha value is -1.14. The molecule has 2 aliphatic rings. The van der Waals surface area contributed by atoms with Crippen molar-refractivity contribution in [2.45, 2.75) is 50.7 Å². The molecule has 2 heterocycles. The average molecular weight is 284 g/mol. The fraction of sp³-hybridized carbons (Fsp3) is 0.857. The predicted molar refractivity (Wildman–Crippen MR) is 73.4 cm³/mol. The largest absolute Gasteiger partial charge is 0.480 e. The molecule has 0 radical (unpaired) electrons. The summed E-state index contributed by atoms with van der Waals surface area (Å²) in [5.41, 5.74) is -0.860. The van der Waals surface area contributed by atoms with E-state index in [4.69, 9.17) is 4.74 Å². The lowest BCUT2D eigenvalue weighted by Gasteiger charge is -2.33. The first-order valence-corrected chi connectivity index (χ1v) is 7.45. The molecule has 0 aliphatic carbocycles. The second-order valence-corrected chi connectivity index (χ2v) is 5.65. The summed E-state index contributed by atoms with van der Waals surface area (Å²) >= 11 is 0. The van der Waals surface area contributed by atoms with Gasteiger partial charge in [-0.25, -0.2) is 0 Å². The normalized spacial score (nSPS) is 30.6. The van der Waals surface area contributed by atoms with Crippen LogP contribution in [-0.2, 0) is 14.3 Å². The third-order valence-corrected chi connectivity index (χ3v) is 4.49. The summed E-state index contributed by atoms with van der Waals surface area (Å²) in [6.45, 7) is 4.00. The van der Waals surface area contributed by atoms with Crippen LogP contribution >= 0.6 is 0 Å². The number of nitrogens with one attached hydrogen (secondary N) is 1. The zero-order chi connectivity index (χ0) is 14.6. The van der Waals surface area contributed by atoms with Gasteiger partial charge in [0.05, 0.1) is 12.6 Å². The number of amides is 1. The fourth-order valence-electron chi connectivity index (χ4n) is 3.22. The fourth-order valence-corrected chi connectivity index (χ4v) is 3.22. The Morgan fingerprint density at radius 3 is 2.85 bits per heavy atom. The van der Waals surface area contributed by atoms with Crippen LogP contribution in [-0.4, -0.2) is 59.8 Å². The van der Waals surface area contributed by atoms with Crippen molar-refractivity contribution >= 4 is 11.9 Å². The molecule has 2 rings (SSSR count). The van der Waals surface area contributed by atoms with E-state index in [0.717, 1.165) is 25.9 Å². The summed E-state index contributed by atoms with van der Waals surface area (Å²) in [4.78, 5) is 25.3. The van der Waals surface area contributed by atoms with Crippen molar-refractivity contribution in [3.63, 3.8) is 0 Å². The van der Waals surface area contributed by atoms with Gasteiger partial charge in [0.2, 0.25) is 5.91 Å². The number of carboxylic acids is 1. The SMILES string of the molecule is CCC1(C(=O)O)CCCN1CC(=O)NCC1CCCO1. The lowest BCUT2D eigenvalue weighted by molar-refractivity contribution is -0.150. The molecular formula is C14H24N2O4. The molecule has 0 bridgehead atoms. The van der Waals surface area contributed by atoms with Crippen molar-refractivity contribution in [3.8, 4) is 0 Å². The quantitative estimate of drug-likeness (QED) is 0.747. The van der Waals surface area contributed by atoms with Gasteiger partial charge in [0.25, 0.3) is 0 Å². The minimum atomic E-state index is -0.860. The number of carbonyl (C=O) groups excluding carboxylic acids is 1. The van der Waals surface area contributed by atoms with Gasteiger partial charge in [0.15, 0.2) is 0 Å². The first-order valence-electron chi connectivity index (χ1n) is 7.45. The molecule has 2 atom stereocenters. The number of rotatable bonds is 6. The Balaban J connectivity index is 1.84. The van der Waals surface area contributed by atoms with Gasteiger partial charge in [-0.2, -0.15) is 0 Å². The van der Waals surface area contributed by atoms with Crippen LogP contribution in [0.2, 0.25) is 0 Å². The van der Waals surface area contributed by atoms with E-state index in [1.165, 1.54) is 0 Å². The van der Waals surface area contributed by atoms with Gasteiger partial charge in [0, 0.05) is 13.2 Å². The van der Waals surface area contributed by atoms with E-state index in [9.17, 15) is 14.7 Å². The monoisotopic (exact) mass is 284 g/mol. The number of hydrogen-bond donors (Lipinski definition) is 2. The number of likely N-dealkylation sites (tertiary alicyclic amines) is 1. The molecule has 20 heavy (non-hydrogen) atoms. The molecule has 2 unspecified atom stereocenters. The first-order chi connectivity index (χ1) is 9.58. The third kappa shape index (κ3) is 3.12. The molecule has 0 aromatic carbocycles. The molecule has 2 N–H and O–H groups in total. The van der Waals surface area contributed by atoms with Crippen molar-refractivity contribution in [2.75, 3.05) is 26.2 Å². The molecule has 2 aliphatic heterocycles. The Bertz CT molecular complexity index is 368. The van der Waals surface area contributed by atoms with Crippen molar-refractivity contribution in [1.82, 2.24) is 10.2 Å². The van der Waals surface area contributed by atoms with Gasteiger partial charge in [0.1, 0.15) is 5.54 Å². The van der Waals surface area contributed by atoms with Gasteiger partial charge in [-0.05, 0) is 38.6 Å². The Morgan fingerprint density at radius 2 is 2.25 bits per heavy atom. The second kappa shape index (κ2) is 6.54. The molecular weight excluding hydrogens is 260 g/mol. The Morgan fingerprint density at radius 1 is 1.45 bits per heavy atom. The maximum Gasteiger partial charge on any atom is 0.324 e. The number of ether oxygens (including phenoxy) is 1. The summed E-state index contributed by atoms with van der Waals surface area (Å²) < 4.78 is 5.45. The van der Waals surface area contributed by atoms with Gasteiger partial charge in [-0.1, -0.05) is 6.92 Å². The van der Waals surface area contributed by atoms with E-state index in [1.807, 2.05) is 6.92 Å². The van der Waals surface area contributed by atoms with E-state index < -0.39 is 11.5 Å². The van der Waals surface area contributed by atoms with Crippen LogP contribution in [0.1, 0.15) is 39.0 Å². The minimum Gasteiger partial charge on any atom is -0.480 e. The number of carbonyl (C=O) groups is 2. The molecule has 0 aromatic rings. The molecule has 0 aromatic heterocycles. The highest BCUT2D eigenvalue weighted by molar-refractivity contribution is 5.82. The first kappa shape index (κ1) is 15.3. The summed E-state index contributed by atoms with van der Waals surface area (Å²) in [6.07, 6.45) is 4.13. The van der Waals surface area contributed by atoms with Crippen LogP contribution in [0.4, 0.5) is 0 Å². The Kier molecular flexibility index (Phi) is 4.99. The van der Waals surface area contributed by atoms with E-state index in [2.05, 4.69) is 5.32 Å². The van der Waals surface area contributed by atoms with Crippen LogP contribution in [0.3, 0.4) is 0 Å². The van der Waals surface area contributed by atoms with Gasteiger partial charge < -0.3 is 15.2 Å². The van der Waals surface area contributed by atoms with Crippen molar-refractivity contribution in [2.24, 2.45) is 0 Å². The van der Waals surface area contributed by atoms with Crippen LogP contribution in [0.25, 0.3) is 0 Å². The van der Waals surface area contributed by atoms with Crippen LogP contribution < -0.4 is 5.32 Å². The van der Waals surface area contributed by atoms with Crippen molar-refractivity contribution < 1.29 is 19.4 Å². The number of aliphatic carboxylic acids is 1. The molecule has 2 saturated heterocycles. The highest BCUT2D eigenvalue weighted by Crippen LogP contribution is 2.32. The van der Waals surface area contributed by atoms with E-state index in [1.54, 1.807) is 4.90 Å². The predicted octanol–water partition coefficient (Wildman–Crippen LogP) is 0.611. The molecule has 2 fully saturated rings. The van der Waals surface area contributed by atoms with Crippen LogP contribution in [0.15, 0.2) is 0 Å². The van der Waals surface area contributed by atoms with Gasteiger partial charge >= 0.3 is 5.97 Å². The van der Waals surface area contributed by atoms with Crippen LogP contribution in [0, 0.1) is 0 Å². The van der Waals surface area contributed by atoms with Crippen molar-refractivity contribution in [1.29, 1.82) is 0 Å². The van der Waals surface area contributed by atoms with E-state index in [-0.39, 0.29) is 18.6 Å². The van der Waals surface area contributed by atoms with Gasteiger partial charge in [-0.15, -0.1) is 0 Å². The maximum absolute atomic E-state index is 12.0. The molecule has 114 valence electrons. The lowest BCUT2D eigenvalue weighted by Crippen LogP contribution is -2.53. The highest BCUT2D eigenvalue weighted by atomic mass is 16.5. The van der Waals surface area contributed by atoms with Crippen molar-refractivity contribution in [3.05, 3.63) is 0 Å². The minimum absolute atomic E-state index is 0.110. The number of nitrogens with zero attached hydrogens (tertiary/aromatic N) is 1. The summed E-state index contributed by atoms with van der Waals surface area (Å²) in [5.74, 6) is -0.925. The molecule has 0 spiro atoms. The Labute approximate surface area is 119 Å². The number of hydrogen-bond acceptors (Lipinski definition) is 4. The molecule has 6 nitrogen and oxygen atoms in total. The van der Waals surface area contributed by atoms with E-state index >= 15 is 0 Å². The zero-order valence-corrected chi connectivity index (χ0v) is 12.1. The molecule has 1 amide bonds. The molecule has 0 saturated carbocycles. The summed E-state index contributed by atoms with van der Waals surface area (Å²) in [7, 11) is 0. The third-order valence-electron chi connectivity index (χ3n) is 4.49. The van der Waals surface area contributed by atoms with Gasteiger partial charge in [-0.3, -0.25) is 14.5 Å². The van der Waals surface area contributed by atoms with E-state index in [0.29, 0.717) is 25.9 Å². The lowest BCUT2D eigenvalue weighted by atomic mass is 9.93. The molecule has 6 heteroatoms. The number of carboxylic acid groups (broad SMARTS) is 1. The summed E-state index contributed by atoms with van der Waals surface area (Å²) in [5, 5.41) is 12.3. The van der Waals surface area contributed by atoms with Crippen LogP contribution in [0.5, 0.6) is 0 Å². The second-order valence-electron chi connectivity index (χ2n) is 5.65. The zero-order valence-electron chi connectivity index (χ0n) is 12.1. The highest BCUT2D eigenvalue weighted by Gasteiger charge is 2.46. The summed E-state index contributed by atoms with van der Waals surface area (Å²) in [6, 6.07) is 0. The maximum atomic E-state index is 12.0. The smallest absolute Gasteiger partial charge is 0.324 e. The average Bonchev–Trinajstić information content (AvgIpc) is 3.05. The standard InChI is InChI=1S/C14H24N2O4/c1-2-14(13(18)19)6-4-7-16(14)10-12(17)15-9-11-5-3-8-20-11/h11H,2-10H2,1H3,(H,15,17)(H,18,19).